The van der Waals surface area contributed by atoms with Crippen LogP contribution < -0.4 is 10.5 Å². The molecule has 0 spiro atoms. The fourth-order valence-corrected chi connectivity index (χ4v) is 4.00. The average Bonchev–Trinajstić information content (AvgIpc) is 3.36. The normalized spacial score (nSPS) is 15.3. The van der Waals surface area contributed by atoms with E-state index in [9.17, 15) is 8.78 Å². The lowest BCUT2D eigenvalue weighted by Gasteiger charge is -2.22. The maximum atomic E-state index is 13.7. The van der Waals surface area contributed by atoms with Crippen LogP contribution in [0.1, 0.15) is 36.3 Å². The van der Waals surface area contributed by atoms with Crippen molar-refractivity contribution in [2.45, 2.75) is 33.0 Å². The van der Waals surface area contributed by atoms with Crippen molar-refractivity contribution < 1.29 is 13.5 Å². The highest BCUT2D eigenvalue weighted by atomic mass is 19.3. The monoisotopic (exact) mass is 422 g/mol. The largest absolute Gasteiger partial charge is 0.482 e. The molecule has 0 amide bonds. The van der Waals surface area contributed by atoms with Gasteiger partial charge in [0, 0.05) is 40.8 Å². The Hall–Kier alpha value is -3.75. The summed E-state index contributed by atoms with van der Waals surface area (Å²) in [6.45, 7) is 1.44. The van der Waals surface area contributed by atoms with Crippen molar-refractivity contribution in [3.63, 3.8) is 0 Å². The van der Waals surface area contributed by atoms with Gasteiger partial charge in [0.15, 0.2) is 11.6 Å². The number of benzene rings is 1. The lowest BCUT2D eigenvalue weighted by Crippen LogP contribution is -2.12. The van der Waals surface area contributed by atoms with E-state index in [1.807, 2.05) is 36.7 Å². The van der Waals surface area contributed by atoms with Crippen molar-refractivity contribution in [1.82, 2.24) is 24.3 Å². The van der Waals surface area contributed by atoms with Gasteiger partial charge in [0.1, 0.15) is 11.9 Å². The van der Waals surface area contributed by atoms with Crippen LogP contribution in [0.4, 0.5) is 14.6 Å². The van der Waals surface area contributed by atoms with Gasteiger partial charge < -0.3 is 15.0 Å². The first-order chi connectivity index (χ1) is 14.9. The van der Waals surface area contributed by atoms with E-state index in [0.29, 0.717) is 28.1 Å². The second-order valence-electron chi connectivity index (χ2n) is 7.58. The van der Waals surface area contributed by atoms with Crippen LogP contribution in [0, 0.1) is 6.92 Å². The molecule has 1 atom stereocenters. The van der Waals surface area contributed by atoms with Crippen LogP contribution in [0.5, 0.6) is 5.75 Å². The topological polar surface area (TPSA) is 83.8 Å². The zero-order chi connectivity index (χ0) is 21.7. The predicted octanol–water partition coefficient (Wildman–Crippen LogP) is 4.60. The Morgan fingerprint density at radius 1 is 1.19 bits per heavy atom. The van der Waals surface area contributed by atoms with Gasteiger partial charge in [-0.25, -0.2) is 14.6 Å². The molecule has 2 bridgehead atoms. The summed E-state index contributed by atoms with van der Waals surface area (Å²) < 4.78 is 36.2. The number of nitrogens with two attached hydrogens (primary N) is 1. The van der Waals surface area contributed by atoms with Gasteiger partial charge in [0.2, 0.25) is 0 Å². The Balaban J connectivity index is 1.80. The number of nitrogen functional groups attached to an aromatic ring is 1. The standard InChI is InChI=1S/C22H20F2N6O/c1-12-3-4-16-17(7-12)13(2)31-18-8-14(9-27-20(18)25)19-15(10-28-30(19)22(23)24)11-29-6-5-26-21(16)29/h3-10,13,22H,11H2,1-2H3,(H2,25,27). The van der Waals surface area contributed by atoms with Crippen LogP contribution in [-0.4, -0.2) is 24.3 Å². The third kappa shape index (κ3) is 3.22. The van der Waals surface area contributed by atoms with E-state index < -0.39 is 6.55 Å². The second kappa shape index (κ2) is 7.19. The number of aryl methyl sites for hydroxylation is 1. The summed E-state index contributed by atoms with van der Waals surface area (Å²) in [6.07, 6.45) is 6.06. The number of alkyl halides is 2. The maximum Gasteiger partial charge on any atom is 0.333 e. The van der Waals surface area contributed by atoms with Crippen LogP contribution in [0.3, 0.4) is 0 Å². The van der Waals surface area contributed by atoms with E-state index in [4.69, 9.17) is 10.5 Å². The number of imidazole rings is 1. The molecule has 7 nitrogen and oxygen atoms in total. The van der Waals surface area contributed by atoms with Gasteiger partial charge in [0.25, 0.3) is 0 Å². The molecule has 1 aliphatic heterocycles. The Kier molecular flexibility index (Phi) is 4.46. The summed E-state index contributed by atoms with van der Waals surface area (Å²) >= 11 is 0. The highest BCUT2D eigenvalue weighted by molar-refractivity contribution is 5.68. The van der Waals surface area contributed by atoms with Gasteiger partial charge >= 0.3 is 6.55 Å². The number of hydrogen-bond donors (Lipinski definition) is 1. The van der Waals surface area contributed by atoms with Crippen molar-refractivity contribution in [2.75, 3.05) is 5.73 Å². The molecule has 5 rings (SSSR count). The fourth-order valence-electron chi connectivity index (χ4n) is 4.00. The number of pyridine rings is 1. The third-order valence-electron chi connectivity index (χ3n) is 5.46. The molecular formula is C22H20F2N6O. The molecule has 1 aromatic carbocycles. The first-order valence-corrected chi connectivity index (χ1v) is 9.81. The van der Waals surface area contributed by atoms with Crippen LogP contribution in [0.25, 0.3) is 22.6 Å². The fraction of sp³-hybridized carbons (Fsp3) is 0.227. The van der Waals surface area contributed by atoms with Crippen molar-refractivity contribution >= 4 is 5.82 Å². The highest BCUT2D eigenvalue weighted by Gasteiger charge is 2.24. The van der Waals surface area contributed by atoms with Gasteiger partial charge in [-0.15, -0.1) is 0 Å². The molecule has 1 unspecified atom stereocenters. The Bertz CT molecular complexity index is 1280. The lowest BCUT2D eigenvalue weighted by molar-refractivity contribution is 0.0584. The molecule has 0 saturated carbocycles. The summed E-state index contributed by atoms with van der Waals surface area (Å²) in [6, 6.07) is 7.70. The second-order valence-corrected chi connectivity index (χ2v) is 7.58. The summed E-state index contributed by atoms with van der Waals surface area (Å²) in [4.78, 5) is 8.74. The maximum absolute atomic E-state index is 13.7. The zero-order valence-electron chi connectivity index (χ0n) is 17.0. The van der Waals surface area contributed by atoms with E-state index in [2.05, 4.69) is 21.1 Å². The highest BCUT2D eigenvalue weighted by Crippen LogP contribution is 2.37. The number of nitrogens with zero attached hydrogens (tertiary/aromatic N) is 5. The lowest BCUT2D eigenvalue weighted by atomic mass is 9.99. The minimum absolute atomic E-state index is 0.188. The first kappa shape index (κ1) is 19.2. The Morgan fingerprint density at radius 3 is 2.84 bits per heavy atom. The number of fused-ring (bicyclic) bond motifs is 7. The number of hydrogen-bond acceptors (Lipinski definition) is 5. The van der Waals surface area contributed by atoms with E-state index in [1.54, 1.807) is 12.3 Å². The third-order valence-corrected chi connectivity index (χ3v) is 5.46. The van der Waals surface area contributed by atoms with Gasteiger partial charge in [0.05, 0.1) is 18.4 Å². The van der Waals surface area contributed by atoms with Crippen molar-refractivity contribution in [3.8, 4) is 28.4 Å². The number of anilines is 1. The van der Waals surface area contributed by atoms with Gasteiger partial charge in [-0.3, -0.25) is 0 Å². The Morgan fingerprint density at radius 2 is 2.03 bits per heavy atom. The Labute approximate surface area is 177 Å². The van der Waals surface area contributed by atoms with Crippen molar-refractivity contribution in [3.05, 3.63) is 65.7 Å². The van der Waals surface area contributed by atoms with Crippen LogP contribution >= 0.6 is 0 Å². The SMILES string of the molecule is Cc1ccc2c(c1)C(C)Oc1cc(cnc1N)-c1c(cnn1C(F)F)Cn1ccnc1-2. The minimum atomic E-state index is -2.80. The quantitative estimate of drug-likeness (QED) is 0.485. The number of ether oxygens (including phenoxy) is 1. The summed E-state index contributed by atoms with van der Waals surface area (Å²) in [5.74, 6) is 1.24. The van der Waals surface area contributed by atoms with E-state index >= 15 is 0 Å². The molecule has 4 heterocycles. The molecule has 4 aromatic rings. The molecule has 3 aromatic heterocycles. The van der Waals surface area contributed by atoms with Crippen LogP contribution in [-0.2, 0) is 6.54 Å². The first-order valence-electron chi connectivity index (χ1n) is 9.81. The minimum Gasteiger partial charge on any atom is -0.482 e. The summed E-state index contributed by atoms with van der Waals surface area (Å²) in [5.41, 5.74) is 10.3. The molecule has 158 valence electrons. The number of rotatable bonds is 1. The number of aromatic nitrogens is 5. The molecule has 1 aliphatic rings. The molecule has 9 heteroatoms. The zero-order valence-corrected chi connectivity index (χ0v) is 17.0. The van der Waals surface area contributed by atoms with Crippen LogP contribution in [0.15, 0.2) is 49.1 Å². The van der Waals surface area contributed by atoms with Crippen LogP contribution in [0.2, 0.25) is 0 Å². The van der Waals surface area contributed by atoms with E-state index in [-0.39, 0.29) is 17.6 Å². The molecule has 0 fully saturated rings. The van der Waals surface area contributed by atoms with Crippen molar-refractivity contribution in [2.24, 2.45) is 0 Å². The van der Waals surface area contributed by atoms with Crippen molar-refractivity contribution in [1.29, 1.82) is 0 Å². The van der Waals surface area contributed by atoms with E-state index in [0.717, 1.165) is 22.5 Å². The molecule has 31 heavy (non-hydrogen) atoms. The molecule has 0 radical (unpaired) electrons. The molecule has 0 saturated heterocycles. The average molecular weight is 422 g/mol. The smallest absolute Gasteiger partial charge is 0.333 e. The summed E-state index contributed by atoms with van der Waals surface area (Å²) in [7, 11) is 0. The molecule has 2 N–H and O–H groups in total. The van der Waals surface area contributed by atoms with E-state index in [1.165, 1.54) is 12.4 Å². The predicted molar refractivity (Wildman–Crippen MR) is 112 cm³/mol. The molecule has 0 aliphatic carbocycles. The van der Waals surface area contributed by atoms with Gasteiger partial charge in [-0.05, 0) is 19.9 Å². The van der Waals surface area contributed by atoms with Gasteiger partial charge in [-0.1, -0.05) is 23.8 Å². The number of halogens is 2. The summed E-state index contributed by atoms with van der Waals surface area (Å²) in [5, 5.41) is 3.93. The van der Waals surface area contributed by atoms with Gasteiger partial charge in [-0.2, -0.15) is 13.9 Å². The molecular weight excluding hydrogens is 402 g/mol.